The summed E-state index contributed by atoms with van der Waals surface area (Å²) >= 11 is 0. The molecule has 24 heavy (non-hydrogen) atoms. The molecule has 0 aromatic heterocycles. The molecule has 2 amide bonds. The van der Waals surface area contributed by atoms with Crippen molar-refractivity contribution in [2.45, 2.75) is 24.6 Å². The zero-order valence-electron chi connectivity index (χ0n) is 13.3. The molecule has 130 valence electrons. The molecule has 1 aromatic rings. The van der Waals surface area contributed by atoms with Crippen molar-refractivity contribution in [3.63, 3.8) is 0 Å². The maximum atomic E-state index is 12.3. The van der Waals surface area contributed by atoms with Gasteiger partial charge in [0.15, 0.2) is 9.84 Å². The van der Waals surface area contributed by atoms with Crippen LogP contribution in [0.3, 0.4) is 0 Å². The Labute approximate surface area is 139 Å². The number of sulfone groups is 1. The van der Waals surface area contributed by atoms with Crippen LogP contribution in [0.1, 0.15) is 29.8 Å². The van der Waals surface area contributed by atoms with Crippen LogP contribution in [0.2, 0.25) is 0 Å². The summed E-state index contributed by atoms with van der Waals surface area (Å²) in [5.41, 5.74) is 1.98. The Morgan fingerprint density at radius 3 is 2.17 bits per heavy atom. The minimum Gasteiger partial charge on any atom is -0.462 e. The van der Waals surface area contributed by atoms with E-state index in [0.717, 1.165) is 6.26 Å². The number of aliphatic hydroxyl groups is 1. The highest BCUT2D eigenvalue weighted by Gasteiger charge is 2.44. The van der Waals surface area contributed by atoms with Crippen LogP contribution in [-0.4, -0.2) is 47.6 Å². The van der Waals surface area contributed by atoms with Crippen LogP contribution >= 0.6 is 0 Å². The molecule has 9 heteroatoms. The maximum absolute atomic E-state index is 12.3. The number of aliphatic hydroxyl groups excluding tert-OH is 1. The zero-order valence-corrected chi connectivity index (χ0v) is 14.1. The Bertz CT molecular complexity index is 787. The van der Waals surface area contributed by atoms with Gasteiger partial charge in [-0.15, -0.1) is 0 Å². The Balaban J connectivity index is 3.12. The fraction of sp³-hybridized carbons (Fsp3) is 0.333. The van der Waals surface area contributed by atoms with Crippen LogP contribution in [0.25, 0.3) is 0 Å². The second kappa shape index (κ2) is 7.33. The van der Waals surface area contributed by atoms with Crippen LogP contribution in [0, 0.1) is 12.0 Å². The standard InChI is InChI=1S/C15H18N2O6S/c1-15(2,24(3,22)23)12(14(20)17-21)16-13(19)11-6-4-10(5-7-11)8-9-18/h4-7,12,18,21H,1-3H3,(H,16,19)(H,17,20)/t12-/m1/s1. The quantitative estimate of drug-likeness (QED) is 0.329. The van der Waals surface area contributed by atoms with Gasteiger partial charge >= 0.3 is 0 Å². The molecule has 0 aliphatic rings. The van der Waals surface area contributed by atoms with Crippen molar-refractivity contribution in [1.29, 1.82) is 0 Å². The number of carbonyl (C=O) groups is 2. The van der Waals surface area contributed by atoms with Gasteiger partial charge in [0.25, 0.3) is 11.8 Å². The highest BCUT2D eigenvalue weighted by atomic mass is 32.2. The molecule has 0 unspecified atom stereocenters. The van der Waals surface area contributed by atoms with E-state index < -0.39 is 32.4 Å². The first-order chi connectivity index (χ1) is 11.0. The summed E-state index contributed by atoms with van der Waals surface area (Å²) < 4.78 is 22.1. The molecule has 0 saturated heterocycles. The lowest BCUT2D eigenvalue weighted by molar-refractivity contribution is -0.131. The smallest absolute Gasteiger partial charge is 0.267 e. The second-order valence-corrected chi connectivity index (χ2v) is 8.17. The van der Waals surface area contributed by atoms with Gasteiger partial charge in [0.1, 0.15) is 12.1 Å². The second-order valence-electron chi connectivity index (χ2n) is 5.57. The van der Waals surface area contributed by atoms with Gasteiger partial charge in [0.05, 0.1) is 4.75 Å². The van der Waals surface area contributed by atoms with Gasteiger partial charge < -0.3 is 10.4 Å². The van der Waals surface area contributed by atoms with Crippen molar-refractivity contribution in [3.05, 3.63) is 35.4 Å². The summed E-state index contributed by atoms with van der Waals surface area (Å²) in [4.78, 5) is 24.1. The third-order valence-corrected chi connectivity index (χ3v) is 5.79. The van der Waals surface area contributed by atoms with Crippen LogP contribution in [0.15, 0.2) is 24.3 Å². The molecule has 1 rings (SSSR count). The average molecular weight is 354 g/mol. The van der Waals surface area contributed by atoms with Gasteiger partial charge in [0, 0.05) is 17.4 Å². The maximum Gasteiger partial charge on any atom is 0.267 e. The van der Waals surface area contributed by atoms with Crippen LogP contribution in [0.4, 0.5) is 0 Å². The monoisotopic (exact) mass is 354 g/mol. The molecule has 1 atom stereocenters. The average Bonchev–Trinajstić information content (AvgIpc) is 2.51. The van der Waals surface area contributed by atoms with Crippen LogP contribution in [-0.2, 0) is 14.6 Å². The number of nitrogens with one attached hydrogen (secondary N) is 2. The largest absolute Gasteiger partial charge is 0.462 e. The third-order valence-electron chi connectivity index (χ3n) is 3.65. The Morgan fingerprint density at radius 2 is 1.75 bits per heavy atom. The van der Waals surface area contributed by atoms with E-state index in [1.54, 1.807) is 6.11 Å². The fourth-order valence-corrected chi connectivity index (χ4v) is 2.41. The van der Waals surface area contributed by atoms with Crippen molar-refractivity contribution < 1.29 is 28.3 Å². The molecular formula is C15H18N2O6S. The third kappa shape index (κ3) is 4.24. The Hall–Kier alpha value is -2.57. The van der Waals surface area contributed by atoms with Gasteiger partial charge in [0.2, 0.25) is 0 Å². The SMILES string of the molecule is CC(C)([C@H](NC(=O)c1ccc(C#CO)cc1)C(=O)NO)S(C)(=O)=O. The first-order valence-electron chi connectivity index (χ1n) is 6.74. The molecule has 0 aliphatic carbocycles. The molecule has 0 aliphatic heterocycles. The highest BCUT2D eigenvalue weighted by Crippen LogP contribution is 2.21. The van der Waals surface area contributed by atoms with E-state index >= 15 is 0 Å². The number of carbonyl (C=O) groups excluding carboxylic acids is 2. The summed E-state index contributed by atoms with van der Waals surface area (Å²) in [5, 5.41) is 19.6. The lowest BCUT2D eigenvalue weighted by Gasteiger charge is -2.31. The van der Waals surface area contributed by atoms with Crippen LogP contribution in [0.5, 0.6) is 0 Å². The lowest BCUT2D eigenvalue weighted by atomic mass is 10.0. The predicted octanol–water partition coefficient (Wildman–Crippen LogP) is -0.205. The first-order valence-corrected chi connectivity index (χ1v) is 8.63. The summed E-state index contributed by atoms with van der Waals surface area (Å²) in [6.45, 7) is 2.53. The normalized spacial score (nSPS) is 12.5. The molecule has 0 bridgehead atoms. The molecule has 0 heterocycles. The van der Waals surface area contributed by atoms with E-state index in [4.69, 9.17) is 10.3 Å². The minimum absolute atomic E-state index is 0.151. The Morgan fingerprint density at radius 1 is 1.21 bits per heavy atom. The lowest BCUT2D eigenvalue weighted by Crippen LogP contribution is -2.60. The highest BCUT2D eigenvalue weighted by molar-refractivity contribution is 7.92. The summed E-state index contributed by atoms with van der Waals surface area (Å²) in [5.74, 6) is 0.624. The minimum atomic E-state index is -3.73. The number of amides is 2. The van der Waals surface area contributed by atoms with E-state index in [0.29, 0.717) is 5.56 Å². The summed E-state index contributed by atoms with van der Waals surface area (Å²) in [6.07, 6.45) is 2.66. The fourth-order valence-electron chi connectivity index (χ4n) is 1.82. The van der Waals surface area contributed by atoms with Crippen molar-refractivity contribution >= 4 is 21.7 Å². The van der Waals surface area contributed by atoms with Gasteiger partial charge in [-0.2, -0.15) is 0 Å². The van der Waals surface area contributed by atoms with Crippen molar-refractivity contribution in [2.24, 2.45) is 0 Å². The number of rotatable bonds is 5. The number of hydrogen-bond acceptors (Lipinski definition) is 6. The van der Waals surface area contributed by atoms with E-state index in [9.17, 15) is 18.0 Å². The van der Waals surface area contributed by atoms with E-state index in [1.165, 1.54) is 43.6 Å². The molecule has 0 spiro atoms. The number of benzene rings is 1. The van der Waals surface area contributed by atoms with E-state index in [-0.39, 0.29) is 5.56 Å². The first kappa shape index (κ1) is 19.5. The van der Waals surface area contributed by atoms with Gasteiger partial charge in [-0.25, -0.2) is 13.9 Å². The van der Waals surface area contributed by atoms with Gasteiger partial charge in [-0.05, 0) is 44.0 Å². The molecule has 4 N–H and O–H groups in total. The molecule has 1 aromatic carbocycles. The van der Waals surface area contributed by atoms with Crippen molar-refractivity contribution in [2.75, 3.05) is 6.26 Å². The van der Waals surface area contributed by atoms with Gasteiger partial charge in [-0.1, -0.05) is 0 Å². The number of hydrogen-bond donors (Lipinski definition) is 4. The molecule has 0 radical (unpaired) electrons. The molecule has 8 nitrogen and oxygen atoms in total. The topological polar surface area (TPSA) is 133 Å². The van der Waals surface area contributed by atoms with E-state index in [2.05, 4.69) is 11.2 Å². The van der Waals surface area contributed by atoms with Gasteiger partial charge in [-0.3, -0.25) is 14.8 Å². The summed E-state index contributed by atoms with van der Waals surface area (Å²) in [6, 6.07) is 4.23. The number of hydroxylamine groups is 1. The van der Waals surface area contributed by atoms with Crippen molar-refractivity contribution in [1.82, 2.24) is 10.8 Å². The molecule has 0 fully saturated rings. The van der Waals surface area contributed by atoms with Crippen LogP contribution < -0.4 is 10.8 Å². The predicted molar refractivity (Wildman–Crippen MR) is 85.4 cm³/mol. The molecular weight excluding hydrogens is 336 g/mol. The Kier molecular flexibility index (Phi) is 5.95. The zero-order chi connectivity index (χ0) is 18.5. The summed E-state index contributed by atoms with van der Waals surface area (Å²) in [7, 11) is -3.73. The van der Waals surface area contributed by atoms with E-state index in [1.807, 2.05) is 0 Å². The van der Waals surface area contributed by atoms with Crippen molar-refractivity contribution in [3.8, 4) is 12.0 Å². The molecule has 0 saturated carbocycles.